The quantitative estimate of drug-likeness (QED) is 0.112. The normalized spacial score (nSPS) is 12.3. The molecule has 0 fully saturated rings. The van der Waals surface area contributed by atoms with Crippen molar-refractivity contribution in [3.05, 3.63) is 364 Å². The van der Waals surface area contributed by atoms with E-state index in [4.69, 9.17) is 19.9 Å². The average molecular weight is 1430 g/mol. The van der Waals surface area contributed by atoms with Crippen LogP contribution in [0.1, 0.15) is 0 Å². The van der Waals surface area contributed by atoms with Gasteiger partial charge in [-0.2, -0.15) is 0 Å². The van der Waals surface area contributed by atoms with E-state index >= 15 is 0 Å². The molecule has 17 aromatic carbocycles. The zero-order chi connectivity index (χ0) is 73.0. The maximum absolute atomic E-state index is 6.25. The molecule has 10 nitrogen and oxygen atoms in total. The Hall–Kier alpha value is -15.3. The Bertz CT molecular complexity index is 7610. The summed E-state index contributed by atoms with van der Waals surface area (Å²) in [6, 6.07) is 132. The molecular formula is C102H60N10. The minimum absolute atomic E-state index is 0.624. The number of fused-ring (bicyclic) bond motifs is 23. The van der Waals surface area contributed by atoms with E-state index in [0.717, 1.165) is 177 Å². The summed E-state index contributed by atoms with van der Waals surface area (Å²) in [7, 11) is 0. The Morgan fingerprint density at radius 1 is 0.152 bits per heavy atom. The zero-order valence-corrected chi connectivity index (χ0v) is 60.1. The first-order chi connectivity index (χ1) is 55.6. The molecule has 0 aliphatic carbocycles. The maximum atomic E-state index is 6.25. The van der Waals surface area contributed by atoms with E-state index in [2.05, 4.69) is 391 Å². The molecule has 0 N–H and O–H groups in total. The molecule has 8 aromatic heterocycles. The van der Waals surface area contributed by atoms with Crippen LogP contribution in [-0.4, -0.2) is 47.3 Å². The molecule has 0 saturated carbocycles. The van der Waals surface area contributed by atoms with Gasteiger partial charge in [0.15, 0.2) is 0 Å². The fourth-order valence-electron chi connectivity index (χ4n) is 19.1. The molecule has 518 valence electrons. The molecule has 0 bridgehead atoms. The molecule has 0 radical (unpaired) electrons. The summed E-state index contributed by atoms with van der Waals surface area (Å²) in [6.07, 6.45) is 0. The minimum atomic E-state index is 0.624. The lowest BCUT2D eigenvalue weighted by atomic mass is 9.90. The van der Waals surface area contributed by atoms with Crippen LogP contribution in [0.3, 0.4) is 0 Å². The number of para-hydroxylation sites is 12. The Morgan fingerprint density at radius 3 is 0.536 bits per heavy atom. The van der Waals surface area contributed by atoms with Crippen molar-refractivity contribution in [3.8, 4) is 56.4 Å². The van der Waals surface area contributed by atoms with E-state index in [1.165, 1.54) is 21.5 Å². The van der Waals surface area contributed by atoms with Crippen molar-refractivity contribution in [2.24, 2.45) is 0 Å². The molecule has 0 aliphatic heterocycles. The molecule has 0 aliphatic rings. The summed E-state index contributed by atoms with van der Waals surface area (Å²) in [5.41, 5.74) is 28.1. The first kappa shape index (κ1) is 60.8. The number of benzene rings is 17. The third-order valence-corrected chi connectivity index (χ3v) is 23.7. The van der Waals surface area contributed by atoms with E-state index in [1.807, 2.05) is 0 Å². The molecule has 8 heterocycles. The van der Waals surface area contributed by atoms with Gasteiger partial charge in [0.2, 0.25) is 0 Å². The summed E-state index contributed by atoms with van der Waals surface area (Å²) < 4.78 is 14.6. The van der Waals surface area contributed by atoms with Crippen LogP contribution in [0.5, 0.6) is 0 Å². The second-order valence-corrected chi connectivity index (χ2v) is 29.6. The Labute approximate surface area is 638 Å². The highest BCUT2D eigenvalue weighted by Gasteiger charge is 2.29. The van der Waals surface area contributed by atoms with E-state index < -0.39 is 0 Å². The number of rotatable bonds is 8. The van der Waals surface area contributed by atoms with Gasteiger partial charge in [-0.1, -0.05) is 243 Å². The van der Waals surface area contributed by atoms with Crippen LogP contribution in [0.4, 0.5) is 0 Å². The van der Waals surface area contributed by atoms with Crippen molar-refractivity contribution in [2.45, 2.75) is 0 Å². The van der Waals surface area contributed by atoms with Gasteiger partial charge in [0.05, 0.1) is 111 Å². The lowest BCUT2D eigenvalue weighted by Gasteiger charge is -2.21. The monoisotopic (exact) mass is 1420 g/mol. The summed E-state index contributed by atoms with van der Waals surface area (Å²) in [6.45, 7) is 0. The van der Waals surface area contributed by atoms with Crippen molar-refractivity contribution in [1.82, 2.24) is 47.3 Å². The Balaban J connectivity index is 0.872. The van der Waals surface area contributed by atoms with Gasteiger partial charge in [-0.05, 0) is 132 Å². The molecule has 0 atom stereocenters. The van der Waals surface area contributed by atoms with Crippen LogP contribution < -0.4 is 0 Å². The smallest absolute Gasteiger partial charge is 0.118 e. The Morgan fingerprint density at radius 2 is 0.330 bits per heavy atom. The first-order valence-electron chi connectivity index (χ1n) is 38.2. The summed E-state index contributed by atoms with van der Waals surface area (Å²) >= 11 is 0. The zero-order valence-electron chi connectivity index (χ0n) is 60.1. The van der Waals surface area contributed by atoms with E-state index in [9.17, 15) is 0 Å². The molecule has 0 amide bonds. The summed E-state index contributed by atoms with van der Waals surface area (Å²) in [5, 5.41) is 14.0. The van der Waals surface area contributed by atoms with Gasteiger partial charge in [-0.25, -0.2) is 19.9 Å². The number of hydrogen-bond acceptors (Lipinski definition) is 4. The molecule has 0 saturated heterocycles. The van der Waals surface area contributed by atoms with E-state index in [-0.39, 0.29) is 0 Å². The fraction of sp³-hybridized carbons (Fsp3) is 0. The van der Waals surface area contributed by atoms with Gasteiger partial charge in [0, 0.05) is 87.1 Å². The van der Waals surface area contributed by atoms with Crippen LogP contribution in [0.2, 0.25) is 0 Å². The third kappa shape index (κ3) is 8.51. The lowest BCUT2D eigenvalue weighted by Crippen LogP contribution is -2.06. The Kier molecular flexibility index (Phi) is 12.6. The van der Waals surface area contributed by atoms with Crippen LogP contribution in [-0.2, 0) is 0 Å². The maximum Gasteiger partial charge on any atom is 0.118 e. The van der Waals surface area contributed by atoms with Crippen molar-refractivity contribution >= 4 is 175 Å². The molecule has 112 heavy (non-hydrogen) atoms. The highest BCUT2D eigenvalue weighted by Crippen LogP contribution is 2.49. The predicted octanol–water partition coefficient (Wildman–Crippen LogP) is 25.8. The van der Waals surface area contributed by atoms with Crippen LogP contribution in [0.25, 0.3) is 231 Å². The molecule has 25 rings (SSSR count). The van der Waals surface area contributed by atoms with Gasteiger partial charge in [-0.3, -0.25) is 0 Å². The standard InChI is InChI=1S/C102H60N10/c1-13-43-81-65(31-1)66-32-2-14-44-82(66)107(81)63-29-25-27-61(55-63)97-98(62-28-26-30-64(56-62)108-83-45-15-3-33-67(83)68-34-4-16-46-84(68)108)100-102(106-80-60-96(112-91-53-23-11-41-75(91)76-42-12-24-54-92(76)112)94(58-78(80)104-100)110-87-49-19-7-37-71(87)72-38-8-20-50-88(72)110)101-99(97)103-77-57-93(109-85-47-17-5-35-69(85)70-36-6-18-48-86(70)109)95(59-79(77)105-101)111-89-51-21-9-39-73(89)74-40-10-22-52-90(74)111/h1-60H. The highest BCUT2D eigenvalue weighted by molar-refractivity contribution is 6.22. The number of nitrogens with zero attached hydrogens (tertiary/aromatic N) is 10. The molecule has 0 spiro atoms. The lowest BCUT2D eigenvalue weighted by molar-refractivity contribution is 1.10. The van der Waals surface area contributed by atoms with Crippen molar-refractivity contribution < 1.29 is 0 Å². The van der Waals surface area contributed by atoms with Gasteiger partial charge in [0.25, 0.3) is 0 Å². The third-order valence-electron chi connectivity index (χ3n) is 23.7. The fourth-order valence-corrected chi connectivity index (χ4v) is 19.1. The summed E-state index contributed by atoms with van der Waals surface area (Å²) in [4.78, 5) is 24.8. The van der Waals surface area contributed by atoms with Crippen LogP contribution in [0, 0.1) is 0 Å². The van der Waals surface area contributed by atoms with Gasteiger partial charge in [0.1, 0.15) is 22.1 Å². The van der Waals surface area contributed by atoms with Gasteiger partial charge < -0.3 is 27.4 Å². The van der Waals surface area contributed by atoms with Gasteiger partial charge in [-0.15, -0.1) is 0 Å². The SMILES string of the molecule is c1cc(-c2c(-c3cccc(-n4c5ccccc5c5ccccc54)c3)c3nc4cc(-n5c6ccccc6c6ccccc65)c(-n5c6ccccc6c6ccccc65)cc4nc3c3nc4cc(-n5c6ccccc6c6ccccc65)c(-n5c6ccccc6c6ccccc65)cc4nc23)cc(-n2c3ccccc3c3ccccc32)c1. The summed E-state index contributed by atoms with van der Waals surface area (Å²) in [5.74, 6) is 0. The number of aromatic nitrogens is 10. The topological polar surface area (TPSA) is 81.1 Å². The molecule has 25 aromatic rings. The predicted molar refractivity (Wildman–Crippen MR) is 465 cm³/mol. The van der Waals surface area contributed by atoms with Crippen LogP contribution in [0.15, 0.2) is 364 Å². The first-order valence-corrected chi connectivity index (χ1v) is 38.2. The highest BCUT2D eigenvalue weighted by atomic mass is 15.1. The van der Waals surface area contributed by atoms with E-state index in [1.54, 1.807) is 0 Å². The minimum Gasteiger partial charge on any atom is -0.309 e. The molecule has 10 heteroatoms. The number of hydrogen-bond donors (Lipinski definition) is 0. The van der Waals surface area contributed by atoms with Crippen molar-refractivity contribution in [2.75, 3.05) is 0 Å². The van der Waals surface area contributed by atoms with E-state index in [0.29, 0.717) is 33.1 Å². The van der Waals surface area contributed by atoms with Crippen molar-refractivity contribution in [1.29, 1.82) is 0 Å². The second-order valence-electron chi connectivity index (χ2n) is 29.6. The molecular weight excluding hydrogens is 1370 g/mol. The molecule has 0 unspecified atom stereocenters. The van der Waals surface area contributed by atoms with Crippen LogP contribution >= 0.6 is 0 Å². The second kappa shape index (κ2) is 23.1. The largest absolute Gasteiger partial charge is 0.309 e. The van der Waals surface area contributed by atoms with Crippen molar-refractivity contribution in [3.63, 3.8) is 0 Å². The average Bonchev–Trinajstić information content (AvgIpc) is 1.32. The van der Waals surface area contributed by atoms with Gasteiger partial charge >= 0.3 is 0 Å².